The van der Waals surface area contributed by atoms with E-state index in [1.165, 1.54) is 0 Å². The third-order valence-electron chi connectivity index (χ3n) is 4.57. The van der Waals surface area contributed by atoms with Gasteiger partial charge in [0, 0.05) is 11.1 Å². The number of nitrogens with one attached hydrogen (secondary N) is 1. The van der Waals surface area contributed by atoms with Gasteiger partial charge in [-0.25, -0.2) is 0 Å². The largest absolute Gasteiger partial charge is 0.348 e. The fraction of sp³-hybridized carbons (Fsp3) is 0.333. The number of nitriles is 1. The van der Waals surface area contributed by atoms with Crippen molar-refractivity contribution >= 4 is 17.5 Å². The summed E-state index contributed by atoms with van der Waals surface area (Å²) in [5.74, 6) is -0.0419. The fourth-order valence-electron chi connectivity index (χ4n) is 2.95. The standard InChI is InChI=1S/C21H24ClN3O/c1-4-25(16(3)18-11-9-17(13-23)10-12-18)14-21(26)24-15(2)19-7-5-6-8-20(19)22/h5-12,15-16H,4,14H2,1-3H3,(H,24,26)/t15-,16+/m0/s1. The van der Waals surface area contributed by atoms with Gasteiger partial charge in [0.25, 0.3) is 0 Å². The van der Waals surface area contributed by atoms with Crippen molar-refractivity contribution in [2.45, 2.75) is 32.9 Å². The molecule has 0 saturated carbocycles. The lowest BCUT2D eigenvalue weighted by atomic mass is 10.0. The highest BCUT2D eigenvalue weighted by molar-refractivity contribution is 6.31. The Hall–Kier alpha value is -2.35. The average molecular weight is 370 g/mol. The molecular weight excluding hydrogens is 346 g/mol. The second kappa shape index (κ2) is 9.38. The van der Waals surface area contributed by atoms with E-state index in [1.807, 2.05) is 50.2 Å². The lowest BCUT2D eigenvalue weighted by Crippen LogP contribution is -2.39. The summed E-state index contributed by atoms with van der Waals surface area (Å²) in [5, 5.41) is 12.6. The van der Waals surface area contributed by atoms with E-state index in [4.69, 9.17) is 16.9 Å². The van der Waals surface area contributed by atoms with Gasteiger partial charge in [-0.15, -0.1) is 0 Å². The first-order valence-electron chi connectivity index (χ1n) is 8.74. The number of benzene rings is 2. The van der Waals surface area contributed by atoms with E-state index in [1.54, 1.807) is 12.1 Å². The highest BCUT2D eigenvalue weighted by atomic mass is 35.5. The van der Waals surface area contributed by atoms with E-state index in [9.17, 15) is 4.79 Å². The number of nitrogens with zero attached hydrogens (tertiary/aromatic N) is 2. The number of carbonyl (C=O) groups is 1. The maximum absolute atomic E-state index is 12.5. The quantitative estimate of drug-likeness (QED) is 0.783. The number of amides is 1. The molecule has 26 heavy (non-hydrogen) atoms. The topological polar surface area (TPSA) is 56.1 Å². The molecule has 0 aromatic heterocycles. The minimum absolute atomic E-state index is 0.0419. The first-order valence-corrected chi connectivity index (χ1v) is 9.12. The molecule has 0 aliphatic carbocycles. The number of likely N-dealkylation sites (N-methyl/N-ethyl adjacent to an activating group) is 1. The van der Waals surface area contributed by atoms with Crippen molar-refractivity contribution in [3.05, 3.63) is 70.2 Å². The summed E-state index contributed by atoms with van der Waals surface area (Å²) < 4.78 is 0. The Morgan fingerprint density at radius 2 is 1.85 bits per heavy atom. The molecule has 4 nitrogen and oxygen atoms in total. The monoisotopic (exact) mass is 369 g/mol. The van der Waals surface area contributed by atoms with E-state index in [0.717, 1.165) is 17.7 Å². The van der Waals surface area contributed by atoms with Gasteiger partial charge >= 0.3 is 0 Å². The van der Waals surface area contributed by atoms with Crippen LogP contribution in [0.1, 0.15) is 49.5 Å². The Morgan fingerprint density at radius 1 is 1.19 bits per heavy atom. The third-order valence-corrected chi connectivity index (χ3v) is 4.92. The van der Waals surface area contributed by atoms with Gasteiger partial charge in [0.1, 0.15) is 0 Å². The van der Waals surface area contributed by atoms with Crippen LogP contribution in [-0.2, 0) is 4.79 Å². The molecule has 2 aromatic rings. The van der Waals surface area contributed by atoms with Gasteiger partial charge in [-0.05, 0) is 49.7 Å². The van der Waals surface area contributed by atoms with E-state index in [0.29, 0.717) is 17.1 Å². The zero-order valence-electron chi connectivity index (χ0n) is 15.4. The van der Waals surface area contributed by atoms with Gasteiger partial charge in [-0.1, -0.05) is 48.9 Å². The van der Waals surface area contributed by atoms with Crippen LogP contribution in [0.2, 0.25) is 5.02 Å². The number of carbonyl (C=O) groups excluding carboxylic acids is 1. The van der Waals surface area contributed by atoms with Crippen LogP contribution < -0.4 is 5.32 Å². The first kappa shape index (κ1) is 20.0. The normalized spacial score (nSPS) is 13.1. The van der Waals surface area contributed by atoms with Crippen LogP contribution >= 0.6 is 11.6 Å². The Morgan fingerprint density at radius 3 is 2.42 bits per heavy atom. The zero-order chi connectivity index (χ0) is 19.1. The summed E-state index contributed by atoms with van der Waals surface area (Å²) in [6, 6.07) is 17.1. The fourth-order valence-corrected chi connectivity index (χ4v) is 3.24. The molecule has 2 aromatic carbocycles. The molecule has 2 atom stereocenters. The lowest BCUT2D eigenvalue weighted by Gasteiger charge is -2.28. The van der Waals surface area contributed by atoms with E-state index in [-0.39, 0.29) is 18.0 Å². The molecule has 1 amide bonds. The van der Waals surface area contributed by atoms with Gasteiger partial charge < -0.3 is 5.32 Å². The summed E-state index contributed by atoms with van der Waals surface area (Å²) in [4.78, 5) is 14.6. The maximum atomic E-state index is 12.5. The Bertz CT molecular complexity index is 783. The highest BCUT2D eigenvalue weighted by Crippen LogP contribution is 2.23. The van der Waals surface area contributed by atoms with Crippen LogP contribution in [0.15, 0.2) is 48.5 Å². The molecule has 1 N–H and O–H groups in total. The van der Waals surface area contributed by atoms with Crippen molar-refractivity contribution in [1.29, 1.82) is 5.26 Å². The van der Waals surface area contributed by atoms with Gasteiger partial charge in [-0.2, -0.15) is 5.26 Å². The minimum Gasteiger partial charge on any atom is -0.348 e. The summed E-state index contributed by atoms with van der Waals surface area (Å²) in [6.45, 7) is 7.07. The molecule has 0 heterocycles. The summed E-state index contributed by atoms with van der Waals surface area (Å²) in [7, 11) is 0. The molecule has 2 rings (SSSR count). The number of hydrogen-bond acceptors (Lipinski definition) is 3. The minimum atomic E-state index is -0.153. The summed E-state index contributed by atoms with van der Waals surface area (Å²) >= 11 is 6.21. The lowest BCUT2D eigenvalue weighted by molar-refractivity contribution is -0.123. The summed E-state index contributed by atoms with van der Waals surface area (Å²) in [6.07, 6.45) is 0. The van der Waals surface area contributed by atoms with Gasteiger partial charge in [0.15, 0.2) is 0 Å². The van der Waals surface area contributed by atoms with Crippen molar-refractivity contribution in [3.63, 3.8) is 0 Å². The average Bonchev–Trinajstić information content (AvgIpc) is 2.65. The van der Waals surface area contributed by atoms with E-state index >= 15 is 0 Å². The second-order valence-electron chi connectivity index (χ2n) is 6.28. The molecule has 0 saturated heterocycles. The first-order chi connectivity index (χ1) is 12.5. The van der Waals surface area contributed by atoms with Crippen molar-refractivity contribution in [1.82, 2.24) is 10.2 Å². The van der Waals surface area contributed by atoms with Crippen LogP contribution in [0.25, 0.3) is 0 Å². The molecule has 0 unspecified atom stereocenters. The van der Waals surface area contributed by atoms with Crippen molar-refractivity contribution in [2.75, 3.05) is 13.1 Å². The molecule has 136 valence electrons. The molecule has 0 spiro atoms. The molecule has 5 heteroatoms. The number of rotatable bonds is 7. The SMILES string of the molecule is CCN(CC(=O)N[C@@H](C)c1ccccc1Cl)[C@H](C)c1ccc(C#N)cc1. The molecular formula is C21H24ClN3O. The molecule has 0 aliphatic heterocycles. The summed E-state index contributed by atoms with van der Waals surface area (Å²) in [5.41, 5.74) is 2.62. The van der Waals surface area contributed by atoms with E-state index < -0.39 is 0 Å². The van der Waals surface area contributed by atoms with Gasteiger partial charge in [-0.3, -0.25) is 9.69 Å². The maximum Gasteiger partial charge on any atom is 0.234 e. The van der Waals surface area contributed by atoms with Gasteiger partial charge in [0.05, 0.1) is 24.2 Å². The Balaban J connectivity index is 2.00. The Kier molecular flexibility index (Phi) is 7.20. The predicted octanol–water partition coefficient (Wildman–Crippen LogP) is 4.47. The van der Waals surface area contributed by atoms with Crippen LogP contribution in [0.5, 0.6) is 0 Å². The molecule has 0 radical (unpaired) electrons. The molecule has 0 aliphatic rings. The van der Waals surface area contributed by atoms with Crippen LogP contribution in [0.3, 0.4) is 0 Å². The van der Waals surface area contributed by atoms with Crippen LogP contribution in [-0.4, -0.2) is 23.9 Å². The van der Waals surface area contributed by atoms with Crippen LogP contribution in [0, 0.1) is 11.3 Å². The third kappa shape index (κ3) is 5.08. The number of hydrogen-bond donors (Lipinski definition) is 1. The zero-order valence-corrected chi connectivity index (χ0v) is 16.1. The van der Waals surface area contributed by atoms with Crippen molar-refractivity contribution in [3.8, 4) is 6.07 Å². The number of halogens is 1. The van der Waals surface area contributed by atoms with Crippen molar-refractivity contribution in [2.24, 2.45) is 0 Å². The van der Waals surface area contributed by atoms with Crippen molar-refractivity contribution < 1.29 is 4.79 Å². The van der Waals surface area contributed by atoms with Gasteiger partial charge in [0.2, 0.25) is 5.91 Å². The highest BCUT2D eigenvalue weighted by Gasteiger charge is 2.19. The molecule has 0 bridgehead atoms. The predicted molar refractivity (Wildman–Crippen MR) is 105 cm³/mol. The van der Waals surface area contributed by atoms with Crippen LogP contribution in [0.4, 0.5) is 0 Å². The Labute approximate surface area is 160 Å². The van der Waals surface area contributed by atoms with E-state index in [2.05, 4.69) is 23.2 Å². The second-order valence-corrected chi connectivity index (χ2v) is 6.69. The smallest absolute Gasteiger partial charge is 0.234 e. The molecule has 0 fully saturated rings.